The zero-order valence-electron chi connectivity index (χ0n) is 12.9. The van der Waals surface area contributed by atoms with Crippen LogP contribution in [0.3, 0.4) is 0 Å². The van der Waals surface area contributed by atoms with E-state index in [1.807, 2.05) is 0 Å². The van der Waals surface area contributed by atoms with Gasteiger partial charge in [0.1, 0.15) is 0 Å². The monoisotopic (exact) mass is 397 g/mol. The maximum Gasteiger partial charge on any atom is 0.317 e. The zero-order chi connectivity index (χ0) is 15.7. The number of carbonyl (C=O) groups is 4. The van der Waals surface area contributed by atoms with Crippen molar-refractivity contribution in [2.75, 3.05) is 39.3 Å². The molecule has 0 amide bonds. The second-order valence-corrected chi connectivity index (χ2v) is 4.00. The first-order chi connectivity index (χ1) is 9.20. The Morgan fingerprint density at radius 3 is 0.870 bits per heavy atom. The average Bonchev–Trinajstić information content (AvgIpc) is 2.22. The van der Waals surface area contributed by atoms with Crippen molar-refractivity contribution >= 4 is 83.0 Å². The SMILES string of the molecule is O=C(O)CN(CCN(CC(=O)O)CC(=O)O)CC(=O)O.[Co].[Na].[Na]. The van der Waals surface area contributed by atoms with Crippen molar-refractivity contribution in [2.24, 2.45) is 0 Å². The Labute approximate surface area is 187 Å². The van der Waals surface area contributed by atoms with Gasteiger partial charge in [-0.1, -0.05) is 0 Å². The molecule has 0 atom stereocenters. The molecule has 0 aliphatic rings. The van der Waals surface area contributed by atoms with Gasteiger partial charge in [0.15, 0.2) is 0 Å². The number of hydrogen-bond acceptors (Lipinski definition) is 6. The second kappa shape index (κ2) is 17.1. The molecule has 0 aliphatic carbocycles. The molecular formula is C10H16CoN2Na2O8. The minimum Gasteiger partial charge on any atom is -0.480 e. The van der Waals surface area contributed by atoms with Crippen LogP contribution in [0.1, 0.15) is 0 Å². The summed E-state index contributed by atoms with van der Waals surface area (Å²) >= 11 is 0. The fourth-order valence-corrected chi connectivity index (χ4v) is 1.48. The molecule has 0 heterocycles. The van der Waals surface area contributed by atoms with Crippen molar-refractivity contribution in [3.63, 3.8) is 0 Å². The van der Waals surface area contributed by atoms with E-state index in [-0.39, 0.29) is 89.0 Å². The fraction of sp³-hybridized carbons (Fsp3) is 0.600. The molecule has 0 saturated carbocycles. The fourth-order valence-electron chi connectivity index (χ4n) is 1.48. The van der Waals surface area contributed by atoms with Gasteiger partial charge in [0, 0.05) is 89.0 Å². The van der Waals surface area contributed by atoms with Gasteiger partial charge >= 0.3 is 23.9 Å². The second-order valence-electron chi connectivity index (χ2n) is 4.00. The third kappa shape index (κ3) is 20.3. The van der Waals surface area contributed by atoms with E-state index in [1.165, 1.54) is 0 Å². The van der Waals surface area contributed by atoms with Gasteiger partial charge in [-0.15, -0.1) is 0 Å². The van der Waals surface area contributed by atoms with Gasteiger partial charge < -0.3 is 20.4 Å². The van der Waals surface area contributed by atoms with E-state index < -0.39 is 50.1 Å². The van der Waals surface area contributed by atoms with E-state index >= 15 is 0 Å². The Morgan fingerprint density at radius 1 is 0.565 bits per heavy atom. The van der Waals surface area contributed by atoms with Crippen LogP contribution in [0.4, 0.5) is 0 Å². The third-order valence-electron chi connectivity index (χ3n) is 2.17. The third-order valence-corrected chi connectivity index (χ3v) is 2.17. The van der Waals surface area contributed by atoms with Crippen molar-refractivity contribution in [1.29, 1.82) is 0 Å². The van der Waals surface area contributed by atoms with Gasteiger partial charge in [-0.25, -0.2) is 0 Å². The number of carboxylic acids is 4. The van der Waals surface area contributed by atoms with Crippen LogP contribution in [-0.4, -0.2) is 152 Å². The van der Waals surface area contributed by atoms with Gasteiger partial charge in [-0.2, -0.15) is 0 Å². The molecule has 0 saturated heterocycles. The quantitative estimate of drug-likeness (QED) is 0.268. The van der Waals surface area contributed by atoms with Gasteiger partial charge in [0.2, 0.25) is 0 Å². The first kappa shape index (κ1) is 31.1. The van der Waals surface area contributed by atoms with Crippen molar-refractivity contribution in [3.8, 4) is 0 Å². The molecule has 0 spiro atoms. The number of carboxylic acid groups (broad SMARTS) is 4. The molecule has 0 unspecified atom stereocenters. The van der Waals surface area contributed by atoms with Crippen molar-refractivity contribution in [3.05, 3.63) is 0 Å². The van der Waals surface area contributed by atoms with Crippen LogP contribution in [0.15, 0.2) is 0 Å². The zero-order valence-corrected chi connectivity index (χ0v) is 17.9. The summed E-state index contributed by atoms with van der Waals surface area (Å²) in [5.74, 6) is -4.91. The average molecular weight is 397 g/mol. The molecule has 0 aromatic rings. The van der Waals surface area contributed by atoms with Crippen molar-refractivity contribution < 1.29 is 56.4 Å². The molecular weight excluding hydrogens is 381 g/mol. The summed E-state index contributed by atoms with van der Waals surface area (Å²) in [7, 11) is 0. The van der Waals surface area contributed by atoms with Gasteiger partial charge in [0.05, 0.1) is 26.2 Å². The number of hydrogen-bond donors (Lipinski definition) is 4. The molecule has 23 heavy (non-hydrogen) atoms. The smallest absolute Gasteiger partial charge is 0.317 e. The van der Waals surface area contributed by atoms with Gasteiger partial charge in [-0.05, 0) is 0 Å². The Balaban J connectivity index is -0.000000602. The van der Waals surface area contributed by atoms with Crippen LogP contribution in [0, 0.1) is 0 Å². The molecule has 125 valence electrons. The van der Waals surface area contributed by atoms with Crippen molar-refractivity contribution in [1.82, 2.24) is 9.80 Å². The maximum absolute atomic E-state index is 10.6. The van der Waals surface area contributed by atoms with Crippen LogP contribution in [0.5, 0.6) is 0 Å². The summed E-state index contributed by atoms with van der Waals surface area (Å²) in [6.07, 6.45) is 0. The van der Waals surface area contributed by atoms with Crippen molar-refractivity contribution in [2.45, 2.75) is 0 Å². The summed E-state index contributed by atoms with van der Waals surface area (Å²) in [4.78, 5) is 44.4. The van der Waals surface area contributed by atoms with E-state index in [9.17, 15) is 19.2 Å². The predicted molar refractivity (Wildman–Crippen MR) is 74.9 cm³/mol. The van der Waals surface area contributed by atoms with E-state index in [2.05, 4.69) is 0 Å². The van der Waals surface area contributed by atoms with Gasteiger partial charge in [-0.3, -0.25) is 29.0 Å². The Bertz CT molecular complexity index is 331. The molecule has 0 bridgehead atoms. The molecule has 13 heteroatoms. The molecule has 0 aromatic carbocycles. The summed E-state index contributed by atoms with van der Waals surface area (Å²) < 4.78 is 0. The first-order valence-electron chi connectivity index (χ1n) is 5.52. The summed E-state index contributed by atoms with van der Waals surface area (Å²) in [6.45, 7) is -2.25. The van der Waals surface area contributed by atoms with E-state index in [4.69, 9.17) is 20.4 Å². The van der Waals surface area contributed by atoms with E-state index in [1.54, 1.807) is 0 Å². The van der Waals surface area contributed by atoms with Crippen LogP contribution in [0.2, 0.25) is 0 Å². The Morgan fingerprint density at radius 2 is 0.739 bits per heavy atom. The van der Waals surface area contributed by atoms with E-state index in [0.29, 0.717) is 0 Å². The topological polar surface area (TPSA) is 156 Å². The molecule has 0 aliphatic heterocycles. The Kier molecular flexibility index (Phi) is 23.2. The van der Waals surface area contributed by atoms with Gasteiger partial charge in [0.25, 0.3) is 0 Å². The maximum atomic E-state index is 10.6. The first-order valence-corrected chi connectivity index (χ1v) is 5.52. The predicted octanol–water partition coefficient (Wildman–Crippen LogP) is -2.84. The Hall–Kier alpha value is 0.306. The standard InChI is InChI=1S/C10H16N2O8.Co.2Na/c13-7(14)3-11(4-8(15)16)1-2-12(5-9(17)18)6-10(19)20;;;/h1-6H2,(H,13,14)(H,15,16)(H,17,18)(H,19,20);;;. The minimum absolute atomic E-state index is 0. The number of rotatable bonds is 11. The van der Waals surface area contributed by atoms with Crippen LogP contribution < -0.4 is 0 Å². The minimum atomic E-state index is -1.23. The normalized spacial score (nSPS) is 9.30. The largest absolute Gasteiger partial charge is 0.480 e. The van der Waals surface area contributed by atoms with E-state index in [0.717, 1.165) is 9.80 Å². The molecule has 4 N–H and O–H groups in total. The summed E-state index contributed by atoms with van der Waals surface area (Å²) in [6, 6.07) is 0. The number of nitrogens with zero attached hydrogens (tertiary/aromatic N) is 2. The van der Waals surface area contributed by atoms with Crippen LogP contribution in [-0.2, 0) is 36.0 Å². The molecule has 10 nitrogen and oxygen atoms in total. The molecule has 3 radical (unpaired) electrons. The summed E-state index contributed by atoms with van der Waals surface area (Å²) in [5.41, 5.74) is 0. The molecule has 0 fully saturated rings. The molecule has 0 rings (SSSR count). The van der Waals surface area contributed by atoms with Crippen LogP contribution >= 0.6 is 0 Å². The molecule has 0 aromatic heterocycles. The summed E-state index contributed by atoms with van der Waals surface area (Å²) in [5, 5.41) is 34.5. The van der Waals surface area contributed by atoms with Crippen LogP contribution in [0.25, 0.3) is 0 Å². The number of aliphatic carboxylic acids is 4.